The van der Waals surface area contributed by atoms with Crippen LogP contribution in [0, 0.1) is 25.1 Å². The van der Waals surface area contributed by atoms with Gasteiger partial charge in [0.05, 0.1) is 18.0 Å². The van der Waals surface area contributed by atoms with Crippen LogP contribution in [0.2, 0.25) is 0 Å². The fourth-order valence-corrected chi connectivity index (χ4v) is 4.32. The average molecular weight is 404 g/mol. The molecule has 1 aliphatic rings. The largest absolute Gasteiger partial charge is 0.340 e. The normalized spacial score (nSPS) is 15.5. The number of hydrogen-bond acceptors (Lipinski definition) is 3. The van der Waals surface area contributed by atoms with Crippen LogP contribution in [-0.4, -0.2) is 27.2 Å². The van der Waals surface area contributed by atoms with E-state index in [1.54, 1.807) is 18.2 Å². The number of amides is 2. The summed E-state index contributed by atoms with van der Waals surface area (Å²) in [5.74, 6) is 1.69. The number of carbonyl (C=O) groups excluding carboxylic acids is 2. The van der Waals surface area contributed by atoms with Crippen LogP contribution in [0.15, 0.2) is 53.4 Å². The predicted molar refractivity (Wildman–Crippen MR) is 114 cm³/mol. The fraction of sp³-hybridized carbons (Fsp3) is 0.130. The Morgan fingerprint density at radius 3 is 2.62 bits per heavy atom. The lowest BCUT2D eigenvalue weighted by molar-refractivity contribution is -0.122. The highest BCUT2D eigenvalue weighted by atomic mass is 32.2. The van der Waals surface area contributed by atoms with E-state index in [0.29, 0.717) is 17.0 Å². The van der Waals surface area contributed by atoms with Gasteiger partial charge in [0.2, 0.25) is 0 Å². The van der Waals surface area contributed by atoms with Gasteiger partial charge in [-0.1, -0.05) is 42.3 Å². The first-order chi connectivity index (χ1) is 14.0. The molecule has 0 saturated carbocycles. The number of aromatic nitrogens is 1. The van der Waals surface area contributed by atoms with E-state index in [-0.39, 0.29) is 23.5 Å². The average Bonchev–Trinajstić information content (AvgIpc) is 3.13. The highest BCUT2D eigenvalue weighted by Crippen LogP contribution is 2.35. The molecule has 0 N–H and O–H groups in total. The van der Waals surface area contributed by atoms with Crippen molar-refractivity contribution in [3.05, 3.63) is 76.1 Å². The third-order valence-electron chi connectivity index (χ3n) is 4.96. The number of imide groups is 1. The van der Waals surface area contributed by atoms with Crippen molar-refractivity contribution in [3.8, 4) is 12.3 Å². The zero-order chi connectivity index (χ0) is 20.5. The predicted octanol–water partition coefficient (Wildman–Crippen LogP) is 4.81. The second-order valence-electron chi connectivity index (χ2n) is 6.67. The van der Waals surface area contributed by atoms with Crippen LogP contribution in [0.5, 0.6) is 0 Å². The maximum absolute atomic E-state index is 14.2. The maximum Gasteiger partial charge on any atom is 0.294 e. The van der Waals surface area contributed by atoms with Crippen molar-refractivity contribution in [1.29, 1.82) is 0 Å². The molecule has 3 aromatic rings. The summed E-state index contributed by atoms with van der Waals surface area (Å²) in [5.41, 5.74) is 3.24. The van der Waals surface area contributed by atoms with Crippen molar-refractivity contribution < 1.29 is 14.0 Å². The van der Waals surface area contributed by atoms with Crippen LogP contribution >= 0.6 is 11.8 Å². The zero-order valence-corrected chi connectivity index (χ0v) is 16.5. The molecule has 0 radical (unpaired) electrons. The van der Waals surface area contributed by atoms with E-state index in [9.17, 15) is 14.0 Å². The molecule has 0 aliphatic carbocycles. The molecule has 4 nitrogen and oxygen atoms in total. The summed E-state index contributed by atoms with van der Waals surface area (Å²) in [6, 6.07) is 14.4. The van der Waals surface area contributed by atoms with Crippen molar-refractivity contribution in [1.82, 2.24) is 9.47 Å². The number of thioether (sulfide) groups is 1. The SMILES string of the molecule is C#CCN1C(=O)SC(=Cc2c(C)n(Cc3ccccc3F)c3ccccc23)C1=O. The van der Waals surface area contributed by atoms with Crippen LogP contribution in [0.25, 0.3) is 17.0 Å². The first-order valence-electron chi connectivity index (χ1n) is 9.01. The molecular weight excluding hydrogens is 387 g/mol. The van der Waals surface area contributed by atoms with E-state index < -0.39 is 0 Å². The molecule has 2 aromatic carbocycles. The van der Waals surface area contributed by atoms with Crippen molar-refractivity contribution in [2.45, 2.75) is 13.5 Å². The van der Waals surface area contributed by atoms with E-state index in [0.717, 1.165) is 38.8 Å². The fourth-order valence-electron chi connectivity index (χ4n) is 3.50. The Balaban J connectivity index is 1.82. The van der Waals surface area contributed by atoms with Crippen molar-refractivity contribution in [3.63, 3.8) is 0 Å². The van der Waals surface area contributed by atoms with Gasteiger partial charge < -0.3 is 4.57 Å². The topological polar surface area (TPSA) is 42.3 Å². The van der Waals surface area contributed by atoms with Crippen LogP contribution in [0.1, 0.15) is 16.8 Å². The van der Waals surface area contributed by atoms with Gasteiger partial charge in [-0.05, 0) is 36.9 Å². The first kappa shape index (κ1) is 19.0. The third kappa shape index (κ3) is 3.34. The standard InChI is InChI=1S/C23H17FN2O2S/c1-3-12-25-22(27)21(29-23(25)28)13-18-15(2)26(20-11-7-5-9-17(18)20)14-16-8-4-6-10-19(16)24/h1,4-11,13H,12,14H2,2H3. The van der Waals surface area contributed by atoms with Crippen LogP contribution in [0.3, 0.4) is 0 Å². The van der Waals surface area contributed by atoms with Gasteiger partial charge in [0.25, 0.3) is 11.1 Å². The Morgan fingerprint density at radius 1 is 1.14 bits per heavy atom. The molecule has 1 saturated heterocycles. The molecule has 0 unspecified atom stereocenters. The molecule has 4 rings (SSSR count). The van der Waals surface area contributed by atoms with Crippen LogP contribution < -0.4 is 0 Å². The Hall–Kier alpha value is -3.30. The highest BCUT2D eigenvalue weighted by Gasteiger charge is 2.34. The molecule has 144 valence electrons. The van der Waals surface area contributed by atoms with Crippen molar-refractivity contribution in [2.24, 2.45) is 0 Å². The monoisotopic (exact) mass is 404 g/mol. The maximum atomic E-state index is 14.2. The third-order valence-corrected chi connectivity index (χ3v) is 5.87. The number of halogens is 1. The molecular formula is C23H17FN2O2S. The highest BCUT2D eigenvalue weighted by molar-refractivity contribution is 8.18. The first-order valence-corrected chi connectivity index (χ1v) is 9.83. The number of rotatable bonds is 4. The van der Waals surface area contributed by atoms with Crippen molar-refractivity contribution in [2.75, 3.05) is 6.54 Å². The summed E-state index contributed by atoms with van der Waals surface area (Å²) >= 11 is 0.883. The summed E-state index contributed by atoms with van der Waals surface area (Å²) in [4.78, 5) is 26.1. The quantitative estimate of drug-likeness (QED) is 0.463. The molecule has 0 spiro atoms. The molecule has 2 amide bonds. The number of hydrogen-bond donors (Lipinski definition) is 0. The van der Waals surface area contributed by atoms with Gasteiger partial charge in [-0.2, -0.15) is 0 Å². The Bertz CT molecular complexity index is 1220. The minimum Gasteiger partial charge on any atom is -0.340 e. The smallest absolute Gasteiger partial charge is 0.294 e. The molecule has 2 heterocycles. The molecule has 29 heavy (non-hydrogen) atoms. The zero-order valence-electron chi connectivity index (χ0n) is 15.7. The van der Waals surface area contributed by atoms with E-state index >= 15 is 0 Å². The number of terminal acetylenes is 1. The summed E-state index contributed by atoms with van der Waals surface area (Å²) in [6.07, 6.45) is 6.99. The number of carbonyl (C=O) groups is 2. The van der Waals surface area contributed by atoms with E-state index in [1.807, 2.05) is 41.8 Å². The molecule has 0 atom stereocenters. The van der Waals surface area contributed by atoms with Gasteiger partial charge >= 0.3 is 0 Å². The van der Waals surface area contributed by atoms with Crippen molar-refractivity contribution >= 4 is 39.9 Å². The van der Waals surface area contributed by atoms with E-state index in [4.69, 9.17) is 6.42 Å². The summed E-state index contributed by atoms with van der Waals surface area (Å²) < 4.78 is 16.2. The Kier molecular flexibility index (Phi) is 4.99. The van der Waals surface area contributed by atoms with Gasteiger partial charge in [-0.15, -0.1) is 6.42 Å². The minimum absolute atomic E-state index is 0.0456. The second-order valence-corrected chi connectivity index (χ2v) is 7.66. The molecule has 1 aliphatic heterocycles. The van der Waals surface area contributed by atoms with E-state index in [2.05, 4.69) is 5.92 Å². The van der Waals surface area contributed by atoms with Gasteiger partial charge in [0.1, 0.15) is 5.82 Å². The second kappa shape index (κ2) is 7.61. The summed E-state index contributed by atoms with van der Waals surface area (Å²) in [5, 5.41) is 0.567. The lowest BCUT2D eigenvalue weighted by Gasteiger charge is -2.09. The van der Waals surface area contributed by atoms with Gasteiger partial charge in [0.15, 0.2) is 0 Å². The molecule has 0 bridgehead atoms. The number of nitrogens with zero attached hydrogens (tertiary/aromatic N) is 2. The lowest BCUT2D eigenvalue weighted by atomic mass is 10.1. The number of para-hydroxylation sites is 1. The van der Waals surface area contributed by atoms with Crippen LogP contribution in [-0.2, 0) is 11.3 Å². The van der Waals surface area contributed by atoms with Crippen LogP contribution in [0.4, 0.5) is 9.18 Å². The summed E-state index contributed by atoms with van der Waals surface area (Å²) in [6.45, 7) is 2.25. The van der Waals surface area contributed by atoms with Gasteiger partial charge in [-0.3, -0.25) is 14.5 Å². The van der Waals surface area contributed by atoms with Gasteiger partial charge in [-0.25, -0.2) is 4.39 Å². The molecule has 1 aromatic heterocycles. The van der Waals surface area contributed by atoms with Gasteiger partial charge in [0, 0.05) is 27.7 Å². The Labute approximate surface area is 172 Å². The Morgan fingerprint density at radius 2 is 1.86 bits per heavy atom. The van der Waals surface area contributed by atoms with E-state index in [1.165, 1.54) is 6.07 Å². The molecule has 6 heteroatoms. The molecule has 1 fully saturated rings. The number of benzene rings is 2. The lowest BCUT2D eigenvalue weighted by Crippen LogP contribution is -2.28. The summed E-state index contributed by atoms with van der Waals surface area (Å²) in [7, 11) is 0. The number of fused-ring (bicyclic) bond motifs is 1. The minimum atomic E-state index is -0.386.